The van der Waals surface area contributed by atoms with Crippen molar-refractivity contribution in [2.75, 3.05) is 11.9 Å². The number of hydrogen-bond acceptors (Lipinski definition) is 5. The van der Waals surface area contributed by atoms with Gasteiger partial charge in [-0.1, -0.05) is 12.1 Å². The van der Waals surface area contributed by atoms with E-state index in [0.717, 1.165) is 4.47 Å². The van der Waals surface area contributed by atoms with Crippen LogP contribution in [0.5, 0.6) is 0 Å². The molecule has 1 heterocycles. The number of hydrogen-bond donors (Lipinski definition) is 2. The third-order valence-electron chi connectivity index (χ3n) is 2.44. The van der Waals surface area contributed by atoms with E-state index in [1.54, 1.807) is 13.0 Å². The van der Waals surface area contributed by atoms with Crippen molar-refractivity contribution in [1.82, 2.24) is 9.97 Å². The molecule has 7 heteroatoms. The van der Waals surface area contributed by atoms with E-state index in [1.807, 2.05) is 18.2 Å². The summed E-state index contributed by atoms with van der Waals surface area (Å²) in [6.07, 6.45) is 1.19. The lowest BCUT2D eigenvalue weighted by molar-refractivity contribution is 0.0526. The molecule has 2 rings (SSSR count). The highest BCUT2D eigenvalue weighted by Crippen LogP contribution is 2.25. The molecular weight excluding hydrogens is 326 g/mol. The number of H-pyrrole nitrogens is 1. The summed E-state index contributed by atoms with van der Waals surface area (Å²) in [6.45, 7) is 1.95. The first kappa shape index (κ1) is 14.3. The SMILES string of the molecule is CCOC(=O)c1cnc(=O)[nH]c1Nc1ccccc1Br. The number of nitrogens with zero attached hydrogens (tertiary/aromatic N) is 1. The van der Waals surface area contributed by atoms with Crippen LogP contribution in [0.1, 0.15) is 17.3 Å². The third-order valence-corrected chi connectivity index (χ3v) is 3.13. The summed E-state index contributed by atoms with van der Waals surface area (Å²) >= 11 is 3.38. The van der Waals surface area contributed by atoms with Gasteiger partial charge in [0.1, 0.15) is 11.4 Å². The van der Waals surface area contributed by atoms with Crippen molar-refractivity contribution >= 4 is 33.4 Å². The molecule has 0 saturated carbocycles. The standard InChI is InChI=1S/C13H12BrN3O3/c1-2-20-12(18)8-7-15-13(19)17-11(8)16-10-6-4-3-5-9(10)14/h3-7H,2H2,1H3,(H2,15,16,17,19). The van der Waals surface area contributed by atoms with Crippen molar-refractivity contribution in [1.29, 1.82) is 0 Å². The topological polar surface area (TPSA) is 84.1 Å². The second-order valence-electron chi connectivity index (χ2n) is 3.80. The molecule has 0 aliphatic carbocycles. The Morgan fingerprint density at radius 2 is 2.20 bits per heavy atom. The number of benzene rings is 1. The first-order chi connectivity index (χ1) is 9.61. The largest absolute Gasteiger partial charge is 0.462 e. The number of esters is 1. The fourth-order valence-electron chi connectivity index (χ4n) is 1.55. The predicted molar refractivity (Wildman–Crippen MR) is 78.2 cm³/mol. The van der Waals surface area contributed by atoms with Crippen LogP contribution >= 0.6 is 15.9 Å². The minimum absolute atomic E-state index is 0.169. The molecule has 0 saturated heterocycles. The van der Waals surface area contributed by atoms with Crippen molar-refractivity contribution < 1.29 is 9.53 Å². The molecule has 104 valence electrons. The molecular formula is C13H12BrN3O3. The molecule has 0 amide bonds. The maximum atomic E-state index is 11.8. The van der Waals surface area contributed by atoms with Crippen molar-refractivity contribution in [3.63, 3.8) is 0 Å². The van der Waals surface area contributed by atoms with Crippen molar-refractivity contribution in [2.24, 2.45) is 0 Å². The summed E-state index contributed by atoms with van der Waals surface area (Å²) in [7, 11) is 0. The van der Waals surface area contributed by atoms with E-state index in [1.165, 1.54) is 6.20 Å². The van der Waals surface area contributed by atoms with Gasteiger partial charge in [0, 0.05) is 4.47 Å². The maximum Gasteiger partial charge on any atom is 0.346 e. The molecule has 0 spiro atoms. The Balaban J connectivity index is 2.40. The molecule has 0 atom stereocenters. The van der Waals surface area contributed by atoms with Crippen LogP contribution in [0.4, 0.5) is 11.5 Å². The summed E-state index contributed by atoms with van der Waals surface area (Å²) < 4.78 is 5.72. The number of aromatic nitrogens is 2. The Morgan fingerprint density at radius 3 is 2.90 bits per heavy atom. The molecule has 0 fully saturated rings. The minimum atomic E-state index is -0.550. The van der Waals surface area contributed by atoms with Gasteiger partial charge in [-0.2, -0.15) is 0 Å². The fourth-order valence-corrected chi connectivity index (χ4v) is 1.94. The summed E-state index contributed by atoms with van der Waals surface area (Å²) in [5.74, 6) is -0.304. The summed E-state index contributed by atoms with van der Waals surface area (Å²) in [5, 5.41) is 2.98. The third kappa shape index (κ3) is 3.24. The first-order valence-electron chi connectivity index (χ1n) is 5.89. The molecule has 2 aromatic rings. The van der Waals surface area contributed by atoms with Gasteiger partial charge < -0.3 is 10.1 Å². The highest BCUT2D eigenvalue weighted by molar-refractivity contribution is 9.10. The molecule has 2 N–H and O–H groups in total. The normalized spacial score (nSPS) is 10.1. The van der Waals surface area contributed by atoms with Crippen molar-refractivity contribution in [3.8, 4) is 0 Å². The van der Waals surface area contributed by atoms with Crippen LogP contribution in [0.2, 0.25) is 0 Å². The average Bonchev–Trinajstić information content (AvgIpc) is 2.42. The number of nitrogens with one attached hydrogen (secondary N) is 2. The number of carbonyl (C=O) groups is 1. The number of anilines is 2. The lowest BCUT2D eigenvalue weighted by atomic mass is 10.2. The number of rotatable bonds is 4. The van der Waals surface area contributed by atoms with Gasteiger partial charge in [0.15, 0.2) is 0 Å². The second-order valence-corrected chi connectivity index (χ2v) is 4.66. The lowest BCUT2D eigenvalue weighted by Crippen LogP contribution is -2.17. The molecule has 0 unspecified atom stereocenters. The zero-order valence-corrected chi connectivity index (χ0v) is 12.2. The van der Waals surface area contributed by atoms with Gasteiger partial charge in [0.25, 0.3) is 0 Å². The van der Waals surface area contributed by atoms with E-state index < -0.39 is 11.7 Å². The van der Waals surface area contributed by atoms with Gasteiger partial charge in [-0.25, -0.2) is 14.6 Å². The zero-order valence-electron chi connectivity index (χ0n) is 10.6. The summed E-state index contributed by atoms with van der Waals surface area (Å²) in [6, 6.07) is 7.33. The number of carbonyl (C=O) groups excluding carboxylic acids is 1. The highest BCUT2D eigenvalue weighted by Gasteiger charge is 2.15. The van der Waals surface area contributed by atoms with E-state index in [2.05, 4.69) is 31.2 Å². The highest BCUT2D eigenvalue weighted by atomic mass is 79.9. The monoisotopic (exact) mass is 337 g/mol. The van der Waals surface area contributed by atoms with Crippen LogP contribution in [0.25, 0.3) is 0 Å². The number of para-hydroxylation sites is 1. The van der Waals surface area contributed by atoms with E-state index in [-0.39, 0.29) is 18.0 Å². The minimum Gasteiger partial charge on any atom is -0.462 e. The second kappa shape index (κ2) is 6.33. The van der Waals surface area contributed by atoms with Crippen LogP contribution in [0.3, 0.4) is 0 Å². The number of halogens is 1. The van der Waals surface area contributed by atoms with Crippen LogP contribution in [0, 0.1) is 0 Å². The van der Waals surface area contributed by atoms with Crippen molar-refractivity contribution in [2.45, 2.75) is 6.92 Å². The maximum absolute atomic E-state index is 11.8. The van der Waals surface area contributed by atoms with E-state index >= 15 is 0 Å². The first-order valence-corrected chi connectivity index (χ1v) is 6.69. The Bertz CT molecular complexity index is 685. The van der Waals surface area contributed by atoms with Crippen LogP contribution in [-0.4, -0.2) is 22.5 Å². The van der Waals surface area contributed by atoms with E-state index in [9.17, 15) is 9.59 Å². The lowest BCUT2D eigenvalue weighted by Gasteiger charge is -2.11. The van der Waals surface area contributed by atoms with Gasteiger partial charge in [-0.15, -0.1) is 0 Å². The molecule has 0 bridgehead atoms. The molecule has 0 aliphatic heterocycles. The van der Waals surface area contributed by atoms with Gasteiger partial charge in [0.2, 0.25) is 0 Å². The average molecular weight is 338 g/mol. The smallest absolute Gasteiger partial charge is 0.346 e. The molecule has 0 radical (unpaired) electrons. The molecule has 1 aromatic heterocycles. The quantitative estimate of drug-likeness (QED) is 0.837. The molecule has 20 heavy (non-hydrogen) atoms. The van der Waals surface area contributed by atoms with Crippen LogP contribution < -0.4 is 11.0 Å². The molecule has 0 aliphatic rings. The van der Waals surface area contributed by atoms with E-state index in [4.69, 9.17) is 4.74 Å². The summed E-state index contributed by atoms with van der Waals surface area (Å²) in [4.78, 5) is 29.2. The van der Waals surface area contributed by atoms with Gasteiger partial charge >= 0.3 is 11.7 Å². The Morgan fingerprint density at radius 1 is 1.45 bits per heavy atom. The van der Waals surface area contributed by atoms with Crippen molar-refractivity contribution in [3.05, 3.63) is 51.0 Å². The van der Waals surface area contributed by atoms with Crippen LogP contribution in [0.15, 0.2) is 39.7 Å². The number of ether oxygens (including phenoxy) is 1. The molecule has 1 aromatic carbocycles. The molecule has 6 nitrogen and oxygen atoms in total. The Hall–Kier alpha value is -2.15. The van der Waals surface area contributed by atoms with E-state index in [0.29, 0.717) is 5.69 Å². The van der Waals surface area contributed by atoms with Gasteiger partial charge in [-0.05, 0) is 35.0 Å². The zero-order chi connectivity index (χ0) is 14.5. The van der Waals surface area contributed by atoms with Gasteiger partial charge in [-0.3, -0.25) is 4.98 Å². The fraction of sp³-hybridized carbons (Fsp3) is 0.154. The van der Waals surface area contributed by atoms with Gasteiger partial charge in [0.05, 0.1) is 18.5 Å². The predicted octanol–water partition coefficient (Wildman–Crippen LogP) is 2.45. The van der Waals surface area contributed by atoms with Crippen LogP contribution in [-0.2, 0) is 4.74 Å². The summed E-state index contributed by atoms with van der Waals surface area (Å²) in [5.41, 5.74) is 0.328. The Kier molecular flexibility index (Phi) is 4.52. The number of aromatic amines is 1. The Labute approximate surface area is 123 Å².